The van der Waals surface area contributed by atoms with Crippen molar-refractivity contribution in [1.29, 1.82) is 0 Å². The Hall–Kier alpha value is -1.02. The quantitative estimate of drug-likeness (QED) is 0.908. The third-order valence-corrected chi connectivity index (χ3v) is 6.30. The molecule has 1 heterocycles. The van der Waals surface area contributed by atoms with Crippen LogP contribution in [0.25, 0.3) is 0 Å². The number of benzene rings is 1. The Bertz CT molecular complexity index is 496. The number of fused-ring (bicyclic) bond motifs is 2. The molecule has 0 amide bonds. The first-order chi connectivity index (χ1) is 9.41. The van der Waals surface area contributed by atoms with Crippen LogP contribution in [0, 0.1) is 16.7 Å². The summed E-state index contributed by atoms with van der Waals surface area (Å²) in [7, 11) is 0. The van der Waals surface area contributed by atoms with E-state index in [0.29, 0.717) is 16.6 Å². The second-order valence-electron chi connectivity index (χ2n) is 7.67. The van der Waals surface area contributed by atoms with Gasteiger partial charge in [0, 0.05) is 19.6 Å². The number of likely N-dealkylation sites (tertiary alicyclic amines) is 1. The van der Waals surface area contributed by atoms with Crippen molar-refractivity contribution in [2.45, 2.75) is 40.0 Å². The summed E-state index contributed by atoms with van der Waals surface area (Å²) < 4.78 is 0. The molecule has 1 aromatic carbocycles. The van der Waals surface area contributed by atoms with E-state index in [1.807, 2.05) is 12.1 Å². The Balaban J connectivity index is 1.64. The van der Waals surface area contributed by atoms with Gasteiger partial charge in [0.1, 0.15) is 5.75 Å². The number of piperidine rings is 1. The zero-order valence-corrected chi connectivity index (χ0v) is 13.0. The average molecular weight is 273 g/mol. The molecule has 110 valence electrons. The minimum Gasteiger partial charge on any atom is -0.508 e. The fourth-order valence-electron chi connectivity index (χ4n) is 4.31. The second-order valence-corrected chi connectivity index (χ2v) is 7.67. The normalized spacial score (nSPS) is 32.5. The van der Waals surface area contributed by atoms with E-state index in [2.05, 4.69) is 31.7 Å². The lowest BCUT2D eigenvalue weighted by Gasteiger charge is -2.50. The molecular weight excluding hydrogens is 246 g/mol. The molecule has 1 aliphatic carbocycles. The monoisotopic (exact) mass is 273 g/mol. The molecule has 2 fully saturated rings. The highest BCUT2D eigenvalue weighted by atomic mass is 16.3. The van der Waals surface area contributed by atoms with E-state index in [4.69, 9.17) is 0 Å². The largest absolute Gasteiger partial charge is 0.508 e. The second kappa shape index (κ2) is 4.77. The number of nitrogens with zero attached hydrogens (tertiary/aromatic N) is 1. The van der Waals surface area contributed by atoms with Crippen LogP contribution in [0.1, 0.15) is 39.2 Å². The molecule has 3 rings (SSSR count). The number of aromatic hydroxyl groups is 1. The van der Waals surface area contributed by atoms with E-state index in [1.165, 1.54) is 31.5 Å². The third-order valence-electron chi connectivity index (χ3n) is 6.30. The van der Waals surface area contributed by atoms with E-state index in [-0.39, 0.29) is 0 Å². The van der Waals surface area contributed by atoms with E-state index in [0.717, 1.165) is 18.9 Å². The van der Waals surface area contributed by atoms with Gasteiger partial charge in [-0.25, -0.2) is 0 Å². The maximum absolute atomic E-state index is 9.54. The van der Waals surface area contributed by atoms with Crippen molar-refractivity contribution in [3.8, 4) is 5.75 Å². The number of phenols is 1. The van der Waals surface area contributed by atoms with Crippen molar-refractivity contribution in [1.82, 2.24) is 4.90 Å². The van der Waals surface area contributed by atoms with Crippen molar-refractivity contribution < 1.29 is 5.11 Å². The lowest BCUT2D eigenvalue weighted by atomic mass is 9.63. The molecule has 2 nitrogen and oxygen atoms in total. The Kier molecular flexibility index (Phi) is 3.32. The van der Waals surface area contributed by atoms with Crippen molar-refractivity contribution in [2.75, 3.05) is 19.6 Å². The molecular formula is C18H27NO. The number of hydrogen-bond acceptors (Lipinski definition) is 2. The Morgan fingerprint density at radius 2 is 2.10 bits per heavy atom. The van der Waals surface area contributed by atoms with E-state index in [1.54, 1.807) is 6.07 Å². The maximum atomic E-state index is 9.54. The highest BCUT2D eigenvalue weighted by Gasteiger charge is 2.55. The third kappa shape index (κ3) is 2.24. The predicted molar refractivity (Wildman–Crippen MR) is 82.9 cm³/mol. The van der Waals surface area contributed by atoms with Crippen LogP contribution in [-0.4, -0.2) is 29.6 Å². The van der Waals surface area contributed by atoms with Crippen LogP contribution < -0.4 is 0 Å². The van der Waals surface area contributed by atoms with E-state index in [9.17, 15) is 5.11 Å². The van der Waals surface area contributed by atoms with Gasteiger partial charge < -0.3 is 10.0 Å². The van der Waals surface area contributed by atoms with Gasteiger partial charge in [0.25, 0.3) is 0 Å². The van der Waals surface area contributed by atoms with Crippen LogP contribution in [0.4, 0.5) is 0 Å². The Morgan fingerprint density at radius 1 is 1.30 bits per heavy atom. The first-order valence-corrected chi connectivity index (χ1v) is 7.91. The molecule has 2 heteroatoms. The van der Waals surface area contributed by atoms with Gasteiger partial charge in [-0.05, 0) is 53.7 Å². The van der Waals surface area contributed by atoms with Crippen molar-refractivity contribution in [3.05, 3.63) is 29.8 Å². The summed E-state index contributed by atoms with van der Waals surface area (Å²) in [6, 6.07) is 7.69. The minimum absolute atomic E-state index is 0.384. The van der Waals surface area contributed by atoms with Crippen LogP contribution in [0.3, 0.4) is 0 Å². The highest BCUT2D eigenvalue weighted by Crippen LogP contribution is 2.58. The SMILES string of the molecule is CC1(C)C2CC[C@@]1(C)CN(CCc1cccc(O)c1)C2. The van der Waals surface area contributed by atoms with Crippen molar-refractivity contribution in [3.63, 3.8) is 0 Å². The molecule has 2 atom stereocenters. The summed E-state index contributed by atoms with van der Waals surface area (Å²) in [6.07, 6.45) is 3.82. The zero-order valence-electron chi connectivity index (χ0n) is 13.0. The molecule has 1 aromatic rings. The molecule has 2 aliphatic rings. The summed E-state index contributed by atoms with van der Waals surface area (Å²) >= 11 is 0. The molecule has 1 saturated carbocycles. The van der Waals surface area contributed by atoms with Gasteiger partial charge in [-0.1, -0.05) is 32.9 Å². The lowest BCUT2D eigenvalue weighted by Crippen LogP contribution is -2.52. The van der Waals surface area contributed by atoms with Gasteiger partial charge in [0.2, 0.25) is 0 Å². The maximum Gasteiger partial charge on any atom is 0.115 e. The molecule has 20 heavy (non-hydrogen) atoms. The Labute approximate surface area is 122 Å². The van der Waals surface area contributed by atoms with Gasteiger partial charge in [-0.15, -0.1) is 0 Å². The first-order valence-electron chi connectivity index (χ1n) is 7.91. The van der Waals surface area contributed by atoms with Gasteiger partial charge in [0.15, 0.2) is 0 Å². The molecule has 1 unspecified atom stereocenters. The smallest absolute Gasteiger partial charge is 0.115 e. The van der Waals surface area contributed by atoms with E-state index >= 15 is 0 Å². The lowest BCUT2D eigenvalue weighted by molar-refractivity contribution is -0.0169. The van der Waals surface area contributed by atoms with Crippen LogP contribution in [0.15, 0.2) is 24.3 Å². The van der Waals surface area contributed by atoms with Crippen LogP contribution in [0.2, 0.25) is 0 Å². The minimum atomic E-state index is 0.384. The fourth-order valence-corrected chi connectivity index (χ4v) is 4.31. The average Bonchev–Trinajstić information content (AvgIpc) is 2.54. The first kappa shape index (κ1) is 13.9. The molecule has 1 saturated heterocycles. The molecule has 1 N–H and O–H groups in total. The summed E-state index contributed by atoms with van der Waals surface area (Å²) in [6.45, 7) is 11.0. The summed E-state index contributed by atoms with van der Waals surface area (Å²) in [5, 5.41) is 9.54. The van der Waals surface area contributed by atoms with Gasteiger partial charge in [-0.3, -0.25) is 0 Å². The predicted octanol–water partition coefficient (Wildman–Crippen LogP) is 3.69. The molecule has 2 bridgehead atoms. The van der Waals surface area contributed by atoms with Crippen LogP contribution in [0.5, 0.6) is 5.75 Å². The standard InChI is InChI=1S/C18H27NO/c1-17(2)15-7-9-18(17,3)13-19(12-15)10-8-14-5-4-6-16(20)11-14/h4-6,11,15,20H,7-10,12-13H2,1-3H3/t15?,18-/m0/s1. The number of rotatable bonds is 3. The molecule has 0 aromatic heterocycles. The van der Waals surface area contributed by atoms with Gasteiger partial charge >= 0.3 is 0 Å². The Morgan fingerprint density at radius 3 is 2.80 bits per heavy atom. The summed E-state index contributed by atoms with van der Waals surface area (Å²) in [5.41, 5.74) is 2.22. The molecule has 1 aliphatic heterocycles. The van der Waals surface area contributed by atoms with Crippen LogP contribution >= 0.6 is 0 Å². The summed E-state index contributed by atoms with van der Waals surface area (Å²) in [5.74, 6) is 1.24. The number of hydrogen-bond donors (Lipinski definition) is 1. The molecule has 0 radical (unpaired) electrons. The van der Waals surface area contributed by atoms with Crippen LogP contribution in [-0.2, 0) is 6.42 Å². The van der Waals surface area contributed by atoms with Gasteiger partial charge in [0.05, 0.1) is 0 Å². The van der Waals surface area contributed by atoms with Crippen molar-refractivity contribution >= 4 is 0 Å². The topological polar surface area (TPSA) is 23.5 Å². The van der Waals surface area contributed by atoms with Gasteiger partial charge in [-0.2, -0.15) is 0 Å². The fraction of sp³-hybridized carbons (Fsp3) is 0.667. The van der Waals surface area contributed by atoms with Crippen molar-refractivity contribution in [2.24, 2.45) is 16.7 Å². The zero-order chi connectivity index (χ0) is 14.4. The number of phenolic OH excluding ortho intramolecular Hbond substituents is 1. The highest BCUT2D eigenvalue weighted by molar-refractivity contribution is 5.27. The summed E-state index contributed by atoms with van der Waals surface area (Å²) in [4.78, 5) is 2.65. The molecule has 0 spiro atoms. The van der Waals surface area contributed by atoms with E-state index < -0.39 is 0 Å².